The van der Waals surface area contributed by atoms with Gasteiger partial charge in [-0.15, -0.1) is 11.3 Å². The number of carbonyl (C=O) groups is 1. The molecule has 2 aromatic heterocycles. The van der Waals surface area contributed by atoms with Crippen LogP contribution in [0.5, 0.6) is 0 Å². The number of pyridine rings is 1. The number of nitrogens with zero attached hydrogens (tertiary/aromatic N) is 2. The molecule has 96 valence electrons. The lowest BCUT2D eigenvalue weighted by Gasteiger charge is -2.03. The number of amides is 1. The summed E-state index contributed by atoms with van der Waals surface area (Å²) in [6.45, 7) is 3.17. The second-order valence-electron chi connectivity index (χ2n) is 3.78. The molecule has 1 amide bonds. The number of thiazole rings is 1. The summed E-state index contributed by atoms with van der Waals surface area (Å²) in [7, 11) is 0. The lowest BCUT2D eigenvalue weighted by atomic mass is 10.4. The summed E-state index contributed by atoms with van der Waals surface area (Å²) in [5.74, 6) is -0.110. The van der Waals surface area contributed by atoms with Gasteiger partial charge in [-0.05, 0) is 12.5 Å². The van der Waals surface area contributed by atoms with Crippen molar-refractivity contribution in [3.8, 4) is 0 Å². The molecule has 5 nitrogen and oxygen atoms in total. The second kappa shape index (κ2) is 6.42. The quantitative estimate of drug-likeness (QED) is 0.808. The van der Waals surface area contributed by atoms with Gasteiger partial charge in [0.15, 0.2) is 0 Å². The second-order valence-corrected chi connectivity index (χ2v) is 4.90. The highest BCUT2D eigenvalue weighted by atomic mass is 32.1. The van der Waals surface area contributed by atoms with E-state index in [1.807, 2.05) is 13.0 Å². The molecule has 0 unspecified atom stereocenters. The van der Waals surface area contributed by atoms with Crippen molar-refractivity contribution in [3.05, 3.63) is 23.5 Å². The van der Waals surface area contributed by atoms with Gasteiger partial charge in [-0.2, -0.15) is 0 Å². The summed E-state index contributed by atoms with van der Waals surface area (Å²) >= 11 is 1.56. The Morgan fingerprint density at radius 3 is 3.22 bits per heavy atom. The van der Waals surface area contributed by atoms with Crippen LogP contribution in [0.3, 0.4) is 0 Å². The van der Waals surface area contributed by atoms with Gasteiger partial charge in [0.1, 0.15) is 11.6 Å². The van der Waals surface area contributed by atoms with E-state index in [1.165, 1.54) is 0 Å². The highest BCUT2D eigenvalue weighted by Crippen LogP contribution is 2.20. The molecule has 0 radical (unpaired) electrons. The van der Waals surface area contributed by atoms with Crippen LogP contribution in [0.4, 0.5) is 0 Å². The van der Waals surface area contributed by atoms with E-state index in [0.29, 0.717) is 13.2 Å². The molecule has 0 bridgehead atoms. The molecule has 1 N–H and O–H groups in total. The molecule has 0 saturated heterocycles. The Bertz CT molecular complexity index is 494. The number of hydrogen-bond acceptors (Lipinski definition) is 5. The minimum atomic E-state index is -0.110. The zero-order valence-corrected chi connectivity index (χ0v) is 11.0. The molecule has 0 saturated carbocycles. The highest BCUT2D eigenvalue weighted by Gasteiger charge is 2.05. The Morgan fingerprint density at radius 1 is 1.56 bits per heavy atom. The van der Waals surface area contributed by atoms with E-state index in [1.54, 1.807) is 23.7 Å². The van der Waals surface area contributed by atoms with Gasteiger partial charge in [0.25, 0.3) is 0 Å². The van der Waals surface area contributed by atoms with Gasteiger partial charge in [-0.3, -0.25) is 9.78 Å². The summed E-state index contributed by atoms with van der Waals surface area (Å²) < 4.78 is 6.23. The first-order chi connectivity index (χ1) is 8.79. The normalized spacial score (nSPS) is 10.7. The van der Waals surface area contributed by atoms with Gasteiger partial charge in [0.2, 0.25) is 5.91 Å². The van der Waals surface area contributed by atoms with Crippen molar-refractivity contribution < 1.29 is 9.53 Å². The van der Waals surface area contributed by atoms with E-state index in [4.69, 9.17) is 4.74 Å². The summed E-state index contributed by atoms with van der Waals surface area (Å²) in [6.07, 6.45) is 4.38. The van der Waals surface area contributed by atoms with Crippen LogP contribution in [-0.4, -0.2) is 29.1 Å². The van der Waals surface area contributed by atoms with Gasteiger partial charge in [-0.1, -0.05) is 6.92 Å². The fourth-order valence-corrected chi connectivity index (χ4v) is 2.31. The number of rotatable bonds is 6. The summed E-state index contributed by atoms with van der Waals surface area (Å²) in [4.78, 5) is 19.8. The maximum Gasteiger partial charge on any atom is 0.246 e. The molecule has 6 heteroatoms. The lowest BCUT2D eigenvalue weighted by Crippen LogP contribution is -2.27. The third-order valence-electron chi connectivity index (χ3n) is 2.25. The minimum absolute atomic E-state index is 0.110. The highest BCUT2D eigenvalue weighted by molar-refractivity contribution is 7.18. The smallest absolute Gasteiger partial charge is 0.246 e. The third-order valence-corrected chi connectivity index (χ3v) is 3.29. The van der Waals surface area contributed by atoms with Crippen molar-refractivity contribution in [2.45, 2.75) is 19.9 Å². The molecular formula is C12H15N3O2S. The molecular weight excluding hydrogens is 250 g/mol. The van der Waals surface area contributed by atoms with Crippen molar-refractivity contribution in [2.24, 2.45) is 0 Å². The van der Waals surface area contributed by atoms with Crippen LogP contribution < -0.4 is 5.32 Å². The van der Waals surface area contributed by atoms with E-state index < -0.39 is 0 Å². The van der Waals surface area contributed by atoms with Crippen molar-refractivity contribution in [2.75, 3.05) is 13.2 Å². The van der Waals surface area contributed by atoms with Crippen LogP contribution in [0.2, 0.25) is 0 Å². The summed E-state index contributed by atoms with van der Waals surface area (Å²) in [5.41, 5.74) is 0.869. The first-order valence-corrected chi connectivity index (χ1v) is 6.65. The fraction of sp³-hybridized carbons (Fsp3) is 0.417. The van der Waals surface area contributed by atoms with Gasteiger partial charge < -0.3 is 10.1 Å². The predicted octanol–water partition coefficient (Wildman–Crippen LogP) is 1.73. The molecule has 18 heavy (non-hydrogen) atoms. The van der Waals surface area contributed by atoms with Crippen molar-refractivity contribution in [1.29, 1.82) is 0 Å². The van der Waals surface area contributed by atoms with Crippen LogP contribution in [0.15, 0.2) is 18.5 Å². The lowest BCUT2D eigenvalue weighted by molar-refractivity contribution is -0.125. The van der Waals surface area contributed by atoms with Crippen molar-refractivity contribution in [3.63, 3.8) is 0 Å². The summed E-state index contributed by atoms with van der Waals surface area (Å²) in [6, 6.07) is 1.92. The largest absolute Gasteiger partial charge is 0.372 e. The van der Waals surface area contributed by atoms with E-state index >= 15 is 0 Å². The molecule has 0 fully saturated rings. The van der Waals surface area contributed by atoms with Crippen LogP contribution in [0, 0.1) is 0 Å². The zero-order valence-electron chi connectivity index (χ0n) is 10.2. The number of nitrogens with one attached hydrogen (secondary N) is 1. The van der Waals surface area contributed by atoms with Crippen LogP contribution in [0.25, 0.3) is 10.2 Å². The van der Waals surface area contributed by atoms with Crippen LogP contribution >= 0.6 is 11.3 Å². The molecule has 0 aliphatic carbocycles. The molecule has 2 aromatic rings. The maximum absolute atomic E-state index is 11.4. The predicted molar refractivity (Wildman–Crippen MR) is 70.4 cm³/mol. The summed E-state index contributed by atoms with van der Waals surface area (Å²) in [5, 5.41) is 3.66. The Hall–Kier alpha value is -1.53. The Kier molecular flexibility index (Phi) is 4.60. The average molecular weight is 265 g/mol. The maximum atomic E-state index is 11.4. The third kappa shape index (κ3) is 3.48. The van der Waals surface area contributed by atoms with E-state index in [2.05, 4.69) is 15.3 Å². The monoisotopic (exact) mass is 265 g/mol. The molecule has 0 aliphatic heterocycles. The molecule has 2 rings (SSSR count). The van der Waals surface area contributed by atoms with Gasteiger partial charge in [0, 0.05) is 12.8 Å². The first kappa shape index (κ1) is 12.9. The molecule has 0 atom stereocenters. The van der Waals surface area contributed by atoms with Crippen molar-refractivity contribution >= 4 is 27.5 Å². The van der Waals surface area contributed by atoms with Crippen LogP contribution in [-0.2, 0) is 16.1 Å². The molecule has 0 spiro atoms. The standard InChI is InChI=1S/C12H15N3O2S/c1-2-5-17-8-11(16)14-7-12-15-9-6-13-4-3-10(9)18-12/h3-4,6H,2,5,7-8H2,1H3,(H,14,16). The number of fused-ring (bicyclic) bond motifs is 1. The number of ether oxygens (including phenoxy) is 1. The van der Waals surface area contributed by atoms with Gasteiger partial charge >= 0.3 is 0 Å². The van der Waals surface area contributed by atoms with E-state index in [-0.39, 0.29) is 12.5 Å². The first-order valence-electron chi connectivity index (χ1n) is 5.83. The molecule has 0 aromatic carbocycles. The van der Waals surface area contributed by atoms with Gasteiger partial charge in [0.05, 0.1) is 23.0 Å². The fourth-order valence-electron chi connectivity index (χ4n) is 1.44. The van der Waals surface area contributed by atoms with E-state index in [9.17, 15) is 4.79 Å². The Labute approximate surface area is 109 Å². The van der Waals surface area contributed by atoms with Crippen molar-refractivity contribution in [1.82, 2.24) is 15.3 Å². The SMILES string of the molecule is CCCOCC(=O)NCc1nc2cnccc2s1. The van der Waals surface area contributed by atoms with Crippen LogP contribution in [0.1, 0.15) is 18.4 Å². The number of hydrogen-bond donors (Lipinski definition) is 1. The topological polar surface area (TPSA) is 64.1 Å². The van der Waals surface area contributed by atoms with Gasteiger partial charge in [-0.25, -0.2) is 4.98 Å². The molecule has 2 heterocycles. The Balaban J connectivity index is 1.84. The average Bonchev–Trinajstić information content (AvgIpc) is 2.79. The molecule has 0 aliphatic rings. The van der Waals surface area contributed by atoms with E-state index in [0.717, 1.165) is 21.6 Å². The number of aromatic nitrogens is 2. The zero-order chi connectivity index (χ0) is 12.8. The minimum Gasteiger partial charge on any atom is -0.372 e. The number of carbonyl (C=O) groups excluding carboxylic acids is 1. The Morgan fingerprint density at radius 2 is 2.44 bits per heavy atom.